The number of sulfone groups is 1. The molecule has 1 aliphatic rings. The largest absolute Gasteiger partial charge is 0.326 e. The van der Waals surface area contributed by atoms with Crippen molar-refractivity contribution in [1.29, 1.82) is 0 Å². The van der Waals surface area contributed by atoms with Gasteiger partial charge in [0.1, 0.15) is 0 Å². The first kappa shape index (κ1) is 22.4. The van der Waals surface area contributed by atoms with E-state index in [9.17, 15) is 18.0 Å². The zero-order chi connectivity index (χ0) is 21.9. The van der Waals surface area contributed by atoms with Gasteiger partial charge in [0, 0.05) is 28.7 Å². The van der Waals surface area contributed by atoms with Crippen LogP contribution in [-0.4, -0.2) is 31.2 Å². The summed E-state index contributed by atoms with van der Waals surface area (Å²) < 4.78 is 25.6. The number of rotatable bonds is 6. The molecule has 30 heavy (non-hydrogen) atoms. The maximum absolute atomic E-state index is 12.8. The molecular formula is C22H26N2O4S2. The highest BCUT2D eigenvalue weighted by Crippen LogP contribution is 2.36. The maximum atomic E-state index is 12.8. The molecule has 8 heteroatoms. The molecule has 0 radical (unpaired) electrons. The first-order valence-electron chi connectivity index (χ1n) is 9.91. The molecule has 0 fully saturated rings. The Morgan fingerprint density at radius 2 is 2.03 bits per heavy atom. The zero-order valence-electron chi connectivity index (χ0n) is 17.3. The lowest BCUT2D eigenvalue weighted by molar-refractivity contribution is -0.116. The predicted molar refractivity (Wildman–Crippen MR) is 121 cm³/mol. The van der Waals surface area contributed by atoms with Gasteiger partial charge in [-0.1, -0.05) is 32.0 Å². The zero-order valence-corrected chi connectivity index (χ0v) is 19.0. The number of carbonyl (C=O) groups excluding carboxylic acids is 2. The van der Waals surface area contributed by atoms with Crippen LogP contribution in [-0.2, 0) is 25.8 Å². The molecular weight excluding hydrogens is 420 g/mol. The van der Waals surface area contributed by atoms with Crippen molar-refractivity contribution in [3.8, 4) is 0 Å². The van der Waals surface area contributed by atoms with Crippen molar-refractivity contribution in [2.75, 3.05) is 16.4 Å². The van der Waals surface area contributed by atoms with Gasteiger partial charge in [-0.15, -0.1) is 11.8 Å². The Balaban J connectivity index is 1.72. The molecule has 1 atom stereocenters. The fourth-order valence-electron chi connectivity index (χ4n) is 3.37. The number of carbonyl (C=O) groups is 2. The van der Waals surface area contributed by atoms with E-state index in [2.05, 4.69) is 10.6 Å². The highest BCUT2D eigenvalue weighted by molar-refractivity contribution is 8.00. The smallest absolute Gasteiger partial charge is 0.225 e. The van der Waals surface area contributed by atoms with Gasteiger partial charge in [-0.2, -0.15) is 0 Å². The molecule has 0 aliphatic carbocycles. The average molecular weight is 447 g/mol. The van der Waals surface area contributed by atoms with Crippen LogP contribution in [0.2, 0.25) is 0 Å². The van der Waals surface area contributed by atoms with Crippen LogP contribution in [0, 0.1) is 6.92 Å². The second-order valence-electron chi connectivity index (χ2n) is 7.42. The number of hydrogen-bond acceptors (Lipinski definition) is 5. The summed E-state index contributed by atoms with van der Waals surface area (Å²) in [6, 6.07) is 10.5. The van der Waals surface area contributed by atoms with Crippen LogP contribution in [0.1, 0.15) is 37.8 Å². The quantitative estimate of drug-likeness (QED) is 0.694. The van der Waals surface area contributed by atoms with Crippen molar-refractivity contribution < 1.29 is 18.0 Å². The molecule has 3 rings (SSSR count). The van der Waals surface area contributed by atoms with Crippen molar-refractivity contribution in [3.63, 3.8) is 0 Å². The van der Waals surface area contributed by atoms with Crippen molar-refractivity contribution in [3.05, 3.63) is 47.5 Å². The molecule has 6 nitrogen and oxygen atoms in total. The molecule has 0 saturated carbocycles. The van der Waals surface area contributed by atoms with Crippen molar-refractivity contribution in [2.45, 2.75) is 55.1 Å². The van der Waals surface area contributed by atoms with Crippen molar-refractivity contribution in [1.82, 2.24) is 0 Å². The third-order valence-electron chi connectivity index (χ3n) is 4.99. The summed E-state index contributed by atoms with van der Waals surface area (Å²) >= 11 is 1.54. The van der Waals surface area contributed by atoms with Crippen LogP contribution in [0.25, 0.3) is 0 Å². The minimum atomic E-state index is -3.67. The molecule has 2 aromatic carbocycles. The summed E-state index contributed by atoms with van der Waals surface area (Å²) in [6.45, 7) is 5.88. The topological polar surface area (TPSA) is 92.3 Å². The van der Waals surface area contributed by atoms with E-state index in [1.54, 1.807) is 12.1 Å². The summed E-state index contributed by atoms with van der Waals surface area (Å²) in [5, 5.41) is 5.75. The molecule has 0 aromatic heterocycles. The lowest BCUT2D eigenvalue weighted by atomic mass is 10.1. The molecule has 1 aliphatic heterocycles. The molecule has 0 saturated heterocycles. The summed E-state index contributed by atoms with van der Waals surface area (Å²) in [4.78, 5) is 25.3. The van der Waals surface area contributed by atoms with Gasteiger partial charge in [0.15, 0.2) is 9.84 Å². The average Bonchev–Trinajstić information content (AvgIpc) is 2.83. The highest BCUT2D eigenvalue weighted by atomic mass is 32.2. The molecule has 1 unspecified atom stereocenters. The highest BCUT2D eigenvalue weighted by Gasteiger charge is 2.23. The van der Waals surface area contributed by atoms with Crippen LogP contribution >= 0.6 is 11.8 Å². The molecule has 2 N–H and O–H groups in total. The second-order valence-corrected chi connectivity index (χ2v) is 11.0. The van der Waals surface area contributed by atoms with Crippen LogP contribution in [0.4, 0.5) is 11.4 Å². The molecule has 0 bridgehead atoms. The SMILES string of the molecule is CCc1cccc(C)c1NC(=O)CCS(=O)(=O)c1ccc2c(c1)NC(=O)CC(C)S2. The van der Waals surface area contributed by atoms with Gasteiger partial charge in [0.05, 0.1) is 16.3 Å². The monoisotopic (exact) mass is 446 g/mol. The Labute approximate surface area is 181 Å². The normalized spacial score (nSPS) is 16.4. The summed E-state index contributed by atoms with van der Waals surface area (Å²) in [5.74, 6) is -0.773. The minimum absolute atomic E-state index is 0.106. The van der Waals surface area contributed by atoms with Gasteiger partial charge >= 0.3 is 0 Å². The minimum Gasteiger partial charge on any atom is -0.326 e. The molecule has 2 amide bonds. The number of amides is 2. The number of nitrogens with one attached hydrogen (secondary N) is 2. The Hall–Kier alpha value is -2.32. The van der Waals surface area contributed by atoms with E-state index in [0.717, 1.165) is 28.1 Å². The lowest BCUT2D eigenvalue weighted by Gasteiger charge is -2.13. The lowest BCUT2D eigenvalue weighted by Crippen LogP contribution is -2.19. The third kappa shape index (κ3) is 5.23. The first-order chi connectivity index (χ1) is 14.2. The number of thioether (sulfide) groups is 1. The standard InChI is InChI=1S/C22H26N2O4S2/c1-4-16-7-5-6-14(2)22(16)24-20(25)10-11-30(27,28)17-8-9-19-18(13-17)23-21(26)12-15(3)29-19/h5-9,13,15H,4,10-12H2,1-3H3,(H,23,26)(H,24,25). The van der Waals surface area contributed by atoms with E-state index in [-0.39, 0.29) is 34.1 Å². The van der Waals surface area contributed by atoms with Crippen LogP contribution in [0.3, 0.4) is 0 Å². The Morgan fingerprint density at radius 1 is 1.27 bits per heavy atom. The fourth-order valence-corrected chi connectivity index (χ4v) is 5.69. The second kappa shape index (κ2) is 9.22. The van der Waals surface area contributed by atoms with E-state index >= 15 is 0 Å². The first-order valence-corrected chi connectivity index (χ1v) is 12.4. The third-order valence-corrected chi connectivity index (χ3v) is 7.88. The predicted octanol–water partition coefficient (Wildman–Crippen LogP) is 4.18. The number of para-hydroxylation sites is 1. The van der Waals surface area contributed by atoms with E-state index in [0.29, 0.717) is 12.1 Å². The molecule has 1 heterocycles. The Bertz CT molecular complexity index is 1080. The van der Waals surface area contributed by atoms with Gasteiger partial charge in [-0.3, -0.25) is 9.59 Å². The van der Waals surface area contributed by atoms with Gasteiger partial charge in [0.2, 0.25) is 11.8 Å². The summed E-state index contributed by atoms with van der Waals surface area (Å²) in [5.41, 5.74) is 3.21. The van der Waals surface area contributed by atoms with E-state index in [1.807, 2.05) is 39.0 Å². The van der Waals surface area contributed by atoms with E-state index in [4.69, 9.17) is 0 Å². The van der Waals surface area contributed by atoms with Gasteiger partial charge in [0.25, 0.3) is 0 Å². The number of fused-ring (bicyclic) bond motifs is 1. The fraction of sp³-hybridized carbons (Fsp3) is 0.364. The maximum Gasteiger partial charge on any atom is 0.225 e. The number of aryl methyl sites for hydroxylation is 2. The van der Waals surface area contributed by atoms with Gasteiger partial charge < -0.3 is 10.6 Å². The molecule has 160 valence electrons. The van der Waals surface area contributed by atoms with Crippen LogP contribution in [0.15, 0.2) is 46.2 Å². The number of benzene rings is 2. The summed E-state index contributed by atoms with van der Waals surface area (Å²) in [7, 11) is -3.67. The van der Waals surface area contributed by atoms with E-state index in [1.165, 1.54) is 17.8 Å². The molecule has 0 spiro atoms. The number of hydrogen-bond donors (Lipinski definition) is 2. The Kier molecular flexibility index (Phi) is 6.88. The van der Waals surface area contributed by atoms with Gasteiger partial charge in [-0.05, 0) is 42.7 Å². The molecule has 2 aromatic rings. The van der Waals surface area contributed by atoms with Crippen molar-refractivity contribution >= 4 is 44.8 Å². The van der Waals surface area contributed by atoms with Crippen LogP contribution < -0.4 is 10.6 Å². The van der Waals surface area contributed by atoms with E-state index < -0.39 is 9.84 Å². The van der Waals surface area contributed by atoms with Crippen molar-refractivity contribution in [2.24, 2.45) is 0 Å². The number of anilines is 2. The van der Waals surface area contributed by atoms with Gasteiger partial charge in [-0.25, -0.2) is 8.42 Å². The summed E-state index contributed by atoms with van der Waals surface area (Å²) in [6.07, 6.45) is 1.00. The van der Waals surface area contributed by atoms with Crippen LogP contribution in [0.5, 0.6) is 0 Å². The Morgan fingerprint density at radius 3 is 2.77 bits per heavy atom.